The van der Waals surface area contributed by atoms with E-state index in [1.807, 2.05) is 0 Å². The SMILES string of the molecule is COCCNC(=NCc1ccc([N+](=O)[O-])cc1)N1CCN(CC(=O)NC2CC2)CC1.I. The number of nitro groups is 1. The van der Waals surface area contributed by atoms with Crippen molar-refractivity contribution in [2.24, 2.45) is 4.99 Å². The molecule has 10 nitrogen and oxygen atoms in total. The first-order chi connectivity index (χ1) is 14.5. The number of hydrogen-bond acceptors (Lipinski definition) is 6. The largest absolute Gasteiger partial charge is 0.383 e. The van der Waals surface area contributed by atoms with Gasteiger partial charge in [-0.1, -0.05) is 12.1 Å². The summed E-state index contributed by atoms with van der Waals surface area (Å²) >= 11 is 0. The Kier molecular flexibility index (Phi) is 10.4. The van der Waals surface area contributed by atoms with Gasteiger partial charge in [0.05, 0.1) is 24.6 Å². The number of benzene rings is 1. The van der Waals surface area contributed by atoms with Crippen LogP contribution >= 0.6 is 24.0 Å². The zero-order chi connectivity index (χ0) is 21.3. The van der Waals surface area contributed by atoms with Crippen molar-refractivity contribution in [1.82, 2.24) is 20.4 Å². The van der Waals surface area contributed by atoms with Crippen LogP contribution in [0.3, 0.4) is 0 Å². The molecule has 11 heteroatoms. The summed E-state index contributed by atoms with van der Waals surface area (Å²) in [5, 5.41) is 17.2. The van der Waals surface area contributed by atoms with Gasteiger partial charge in [0.1, 0.15) is 0 Å². The molecule has 1 saturated heterocycles. The van der Waals surface area contributed by atoms with Crippen molar-refractivity contribution >= 4 is 41.5 Å². The molecule has 1 aliphatic carbocycles. The summed E-state index contributed by atoms with van der Waals surface area (Å²) in [6, 6.07) is 6.83. The van der Waals surface area contributed by atoms with Crippen molar-refractivity contribution in [3.8, 4) is 0 Å². The minimum absolute atomic E-state index is 0. The predicted octanol–water partition coefficient (Wildman–Crippen LogP) is 1.20. The number of rotatable bonds is 9. The standard InChI is InChI=1S/C20H30N6O4.HI/c1-30-13-8-21-20(22-14-16-2-6-18(7-3-16)26(28)29)25-11-9-24(10-12-25)15-19(27)23-17-4-5-17;/h2-3,6-7,17H,4-5,8-15H2,1H3,(H,21,22)(H,23,27);1H. The van der Waals surface area contributed by atoms with Gasteiger partial charge in [0.25, 0.3) is 5.69 Å². The molecular weight excluding hydrogens is 515 g/mol. The van der Waals surface area contributed by atoms with Crippen LogP contribution in [-0.2, 0) is 16.1 Å². The Bertz CT molecular complexity index is 749. The van der Waals surface area contributed by atoms with E-state index in [9.17, 15) is 14.9 Å². The van der Waals surface area contributed by atoms with E-state index in [2.05, 4.69) is 20.4 Å². The Morgan fingerprint density at radius 3 is 2.48 bits per heavy atom. The first kappa shape index (κ1) is 25.3. The number of hydrogen-bond donors (Lipinski definition) is 2. The van der Waals surface area contributed by atoms with Crippen LogP contribution in [0.2, 0.25) is 0 Å². The number of amides is 1. The van der Waals surface area contributed by atoms with Crippen molar-refractivity contribution in [1.29, 1.82) is 0 Å². The summed E-state index contributed by atoms with van der Waals surface area (Å²) in [6.07, 6.45) is 2.20. The van der Waals surface area contributed by atoms with E-state index in [4.69, 9.17) is 9.73 Å². The van der Waals surface area contributed by atoms with Crippen LogP contribution in [0.4, 0.5) is 5.69 Å². The first-order valence-electron chi connectivity index (χ1n) is 10.3. The van der Waals surface area contributed by atoms with Gasteiger partial charge in [-0.25, -0.2) is 4.99 Å². The molecule has 2 fully saturated rings. The third kappa shape index (κ3) is 8.57. The molecule has 1 saturated carbocycles. The molecule has 2 N–H and O–H groups in total. The fourth-order valence-corrected chi connectivity index (χ4v) is 3.24. The summed E-state index contributed by atoms with van der Waals surface area (Å²) in [4.78, 5) is 31.5. The highest BCUT2D eigenvalue weighted by Crippen LogP contribution is 2.18. The number of methoxy groups -OCH3 is 1. The Morgan fingerprint density at radius 1 is 1.23 bits per heavy atom. The second-order valence-electron chi connectivity index (χ2n) is 7.59. The van der Waals surface area contributed by atoms with E-state index in [0.29, 0.717) is 32.3 Å². The van der Waals surface area contributed by atoms with Crippen LogP contribution in [0.1, 0.15) is 18.4 Å². The van der Waals surface area contributed by atoms with Crippen LogP contribution in [0.5, 0.6) is 0 Å². The molecule has 1 amide bonds. The van der Waals surface area contributed by atoms with E-state index < -0.39 is 4.92 Å². The van der Waals surface area contributed by atoms with E-state index >= 15 is 0 Å². The maximum absolute atomic E-state index is 12.0. The summed E-state index contributed by atoms with van der Waals surface area (Å²) in [5.41, 5.74) is 0.977. The molecule has 0 atom stereocenters. The molecule has 0 bridgehead atoms. The average molecular weight is 546 g/mol. The van der Waals surface area contributed by atoms with Gasteiger partial charge < -0.3 is 20.3 Å². The molecule has 31 heavy (non-hydrogen) atoms. The van der Waals surface area contributed by atoms with Gasteiger partial charge in [-0.15, -0.1) is 24.0 Å². The lowest BCUT2D eigenvalue weighted by Crippen LogP contribution is -2.54. The normalized spacial score (nSPS) is 17.1. The second-order valence-corrected chi connectivity index (χ2v) is 7.59. The Balaban J connectivity index is 0.00000341. The number of non-ortho nitro benzene ring substituents is 1. The highest BCUT2D eigenvalue weighted by Gasteiger charge is 2.26. The minimum Gasteiger partial charge on any atom is -0.383 e. The fourth-order valence-electron chi connectivity index (χ4n) is 3.24. The molecule has 1 heterocycles. The molecule has 1 aromatic rings. The van der Waals surface area contributed by atoms with Crippen molar-refractivity contribution in [2.45, 2.75) is 25.4 Å². The molecule has 0 aromatic heterocycles. The molecule has 1 aromatic carbocycles. The number of aliphatic imine (C=N–C) groups is 1. The molecular formula is C20H31IN6O4. The van der Waals surface area contributed by atoms with E-state index in [-0.39, 0.29) is 35.6 Å². The predicted molar refractivity (Wildman–Crippen MR) is 129 cm³/mol. The number of nitro benzene ring substituents is 1. The zero-order valence-corrected chi connectivity index (χ0v) is 20.1. The number of piperazine rings is 1. The van der Waals surface area contributed by atoms with Crippen molar-refractivity contribution < 1.29 is 14.5 Å². The number of nitrogens with one attached hydrogen (secondary N) is 2. The smallest absolute Gasteiger partial charge is 0.269 e. The van der Waals surface area contributed by atoms with Crippen LogP contribution < -0.4 is 10.6 Å². The monoisotopic (exact) mass is 546 g/mol. The lowest BCUT2D eigenvalue weighted by molar-refractivity contribution is -0.384. The molecule has 2 aliphatic rings. The molecule has 0 spiro atoms. The molecule has 1 aliphatic heterocycles. The third-order valence-electron chi connectivity index (χ3n) is 5.13. The van der Waals surface area contributed by atoms with Crippen LogP contribution in [0, 0.1) is 10.1 Å². The molecule has 3 rings (SSSR count). The van der Waals surface area contributed by atoms with Gasteiger partial charge >= 0.3 is 0 Å². The van der Waals surface area contributed by atoms with Crippen LogP contribution in [-0.4, -0.2) is 85.6 Å². The van der Waals surface area contributed by atoms with Gasteiger partial charge in [-0.05, 0) is 18.4 Å². The van der Waals surface area contributed by atoms with Gasteiger partial charge in [0.2, 0.25) is 5.91 Å². The second kappa shape index (κ2) is 12.8. The number of ether oxygens (including phenoxy) is 1. The lowest BCUT2D eigenvalue weighted by Gasteiger charge is -2.36. The molecule has 0 unspecified atom stereocenters. The number of nitrogens with zero attached hydrogens (tertiary/aromatic N) is 4. The van der Waals surface area contributed by atoms with Gasteiger partial charge in [0.15, 0.2) is 5.96 Å². The average Bonchev–Trinajstić information content (AvgIpc) is 3.55. The summed E-state index contributed by atoms with van der Waals surface area (Å²) in [5.74, 6) is 0.892. The highest BCUT2D eigenvalue weighted by molar-refractivity contribution is 14.0. The topological polar surface area (TPSA) is 112 Å². The Labute approximate surface area is 199 Å². The summed E-state index contributed by atoms with van der Waals surface area (Å²) < 4.78 is 5.12. The van der Waals surface area contributed by atoms with E-state index in [1.165, 1.54) is 12.1 Å². The fraction of sp³-hybridized carbons (Fsp3) is 0.600. The number of carbonyl (C=O) groups excluding carboxylic acids is 1. The Morgan fingerprint density at radius 2 is 1.90 bits per heavy atom. The van der Waals surface area contributed by atoms with E-state index in [1.54, 1.807) is 19.2 Å². The highest BCUT2D eigenvalue weighted by atomic mass is 127. The number of guanidine groups is 1. The van der Waals surface area contributed by atoms with Crippen LogP contribution in [0.15, 0.2) is 29.3 Å². The summed E-state index contributed by atoms with van der Waals surface area (Å²) in [6.45, 7) is 5.21. The lowest BCUT2D eigenvalue weighted by atomic mass is 10.2. The van der Waals surface area contributed by atoms with Gasteiger partial charge in [-0.3, -0.25) is 19.8 Å². The van der Waals surface area contributed by atoms with Crippen molar-refractivity contribution in [3.63, 3.8) is 0 Å². The van der Waals surface area contributed by atoms with Gasteiger partial charge in [-0.2, -0.15) is 0 Å². The van der Waals surface area contributed by atoms with E-state index in [0.717, 1.165) is 50.5 Å². The quantitative estimate of drug-likeness (QED) is 0.120. The van der Waals surface area contributed by atoms with Crippen molar-refractivity contribution in [2.75, 3.05) is 53.0 Å². The maximum atomic E-state index is 12.0. The molecule has 0 radical (unpaired) electrons. The minimum atomic E-state index is -0.408. The van der Waals surface area contributed by atoms with Crippen molar-refractivity contribution in [3.05, 3.63) is 39.9 Å². The summed E-state index contributed by atoms with van der Waals surface area (Å²) in [7, 11) is 1.65. The number of carbonyl (C=O) groups is 1. The zero-order valence-electron chi connectivity index (χ0n) is 17.8. The first-order valence-corrected chi connectivity index (χ1v) is 10.3. The Hall–Kier alpha value is -1.99. The number of halogens is 1. The van der Waals surface area contributed by atoms with Gasteiger partial charge in [0, 0.05) is 58.0 Å². The third-order valence-corrected chi connectivity index (χ3v) is 5.13. The van der Waals surface area contributed by atoms with Crippen LogP contribution in [0.25, 0.3) is 0 Å². The maximum Gasteiger partial charge on any atom is 0.269 e. The molecule has 172 valence electrons.